The molecule has 3 amide bonds. The second kappa shape index (κ2) is 5.17. The van der Waals surface area contributed by atoms with E-state index in [0.29, 0.717) is 17.0 Å². The van der Waals surface area contributed by atoms with Crippen molar-refractivity contribution >= 4 is 44.8 Å². The number of hydrogen-bond acceptors (Lipinski definition) is 5. The lowest BCUT2D eigenvalue weighted by atomic mass is 10.1. The molecule has 21 heavy (non-hydrogen) atoms. The third-order valence-electron chi connectivity index (χ3n) is 3.31. The summed E-state index contributed by atoms with van der Waals surface area (Å²) >= 11 is 1.34. The Morgan fingerprint density at radius 2 is 2.14 bits per heavy atom. The quantitative estimate of drug-likeness (QED) is 0.569. The molecule has 0 spiro atoms. The van der Waals surface area contributed by atoms with Crippen LogP contribution in [0, 0.1) is 0 Å². The summed E-state index contributed by atoms with van der Waals surface area (Å²) in [5.74, 6) is -1.07. The number of fused-ring (bicyclic) bond motifs is 1. The Kier molecular flexibility index (Phi) is 3.34. The average molecular weight is 303 g/mol. The molecule has 0 saturated carbocycles. The first-order valence-electron chi connectivity index (χ1n) is 6.46. The van der Waals surface area contributed by atoms with Crippen LogP contribution in [-0.4, -0.2) is 23.8 Å². The molecule has 1 aliphatic heterocycles. The fourth-order valence-corrected chi connectivity index (χ4v) is 3.18. The van der Waals surface area contributed by atoms with Crippen LogP contribution in [0.3, 0.4) is 0 Å². The zero-order chi connectivity index (χ0) is 15.0. The first kappa shape index (κ1) is 13.6. The Balaban J connectivity index is 1.77. The minimum absolute atomic E-state index is 0.236. The molecule has 2 aromatic rings. The van der Waals surface area contributed by atoms with Crippen LogP contribution in [0.1, 0.15) is 22.5 Å². The summed E-state index contributed by atoms with van der Waals surface area (Å²) in [5.41, 5.74) is 6.35. The lowest BCUT2D eigenvalue weighted by molar-refractivity contribution is -0.134. The molecule has 1 fully saturated rings. The van der Waals surface area contributed by atoms with Gasteiger partial charge in [0.25, 0.3) is 5.91 Å². The number of nitrogen functional groups attached to an aromatic ring is 1. The van der Waals surface area contributed by atoms with E-state index in [0.717, 1.165) is 10.1 Å². The van der Waals surface area contributed by atoms with Crippen molar-refractivity contribution in [3.05, 3.63) is 29.1 Å². The maximum absolute atomic E-state index is 12.2. The Morgan fingerprint density at radius 1 is 1.33 bits per heavy atom. The highest BCUT2D eigenvalue weighted by Gasteiger charge is 2.28. The number of carbonyl (C=O) groups is 3. The van der Waals surface area contributed by atoms with Crippen LogP contribution in [-0.2, 0) is 9.59 Å². The van der Waals surface area contributed by atoms with Crippen LogP contribution in [0.2, 0.25) is 0 Å². The van der Waals surface area contributed by atoms with E-state index in [-0.39, 0.29) is 18.2 Å². The van der Waals surface area contributed by atoms with E-state index in [1.165, 1.54) is 11.3 Å². The van der Waals surface area contributed by atoms with Crippen LogP contribution < -0.4 is 16.4 Å². The van der Waals surface area contributed by atoms with Gasteiger partial charge in [0.1, 0.15) is 6.04 Å². The van der Waals surface area contributed by atoms with Crippen LogP contribution in [0.4, 0.5) is 5.69 Å². The minimum Gasteiger partial charge on any atom is -0.399 e. The monoisotopic (exact) mass is 303 g/mol. The van der Waals surface area contributed by atoms with Crippen LogP contribution in [0.15, 0.2) is 24.3 Å². The Bertz CT molecular complexity index is 753. The van der Waals surface area contributed by atoms with Crippen molar-refractivity contribution in [2.75, 3.05) is 5.73 Å². The maximum Gasteiger partial charge on any atom is 0.262 e. The van der Waals surface area contributed by atoms with Crippen molar-refractivity contribution < 1.29 is 14.4 Å². The zero-order valence-corrected chi connectivity index (χ0v) is 11.8. The van der Waals surface area contributed by atoms with Crippen molar-refractivity contribution in [2.24, 2.45) is 0 Å². The zero-order valence-electron chi connectivity index (χ0n) is 11.0. The number of amides is 3. The Labute approximate surface area is 124 Å². The van der Waals surface area contributed by atoms with Gasteiger partial charge in [0, 0.05) is 16.8 Å². The van der Waals surface area contributed by atoms with Gasteiger partial charge in [-0.15, -0.1) is 11.3 Å². The van der Waals surface area contributed by atoms with Gasteiger partial charge < -0.3 is 11.1 Å². The molecule has 0 aliphatic carbocycles. The minimum atomic E-state index is -0.662. The van der Waals surface area contributed by atoms with Gasteiger partial charge in [-0.1, -0.05) is 0 Å². The predicted molar refractivity (Wildman–Crippen MR) is 79.9 cm³/mol. The summed E-state index contributed by atoms with van der Waals surface area (Å²) in [4.78, 5) is 35.4. The van der Waals surface area contributed by atoms with E-state index < -0.39 is 11.9 Å². The van der Waals surface area contributed by atoms with Gasteiger partial charge in [0.05, 0.1) is 4.88 Å². The van der Waals surface area contributed by atoms with Gasteiger partial charge in [0.2, 0.25) is 11.8 Å². The highest BCUT2D eigenvalue weighted by Crippen LogP contribution is 2.27. The number of carbonyl (C=O) groups excluding carboxylic acids is 3. The lowest BCUT2D eigenvalue weighted by Gasteiger charge is -2.21. The van der Waals surface area contributed by atoms with E-state index in [1.54, 1.807) is 18.2 Å². The molecule has 0 bridgehead atoms. The molecule has 1 aromatic heterocycles. The number of hydrogen-bond donors (Lipinski definition) is 3. The van der Waals surface area contributed by atoms with E-state index in [9.17, 15) is 14.4 Å². The van der Waals surface area contributed by atoms with E-state index >= 15 is 0 Å². The number of piperidine rings is 1. The summed E-state index contributed by atoms with van der Waals surface area (Å²) in [7, 11) is 0. The average Bonchev–Trinajstić information content (AvgIpc) is 2.85. The molecule has 7 heteroatoms. The summed E-state index contributed by atoms with van der Waals surface area (Å²) in [6.45, 7) is 0. The SMILES string of the molecule is Nc1ccc2sc(C(=O)NC3CCC(=O)NC3=O)cc2c1. The summed E-state index contributed by atoms with van der Waals surface area (Å²) in [5, 5.41) is 5.77. The summed E-state index contributed by atoms with van der Waals surface area (Å²) < 4.78 is 0.956. The van der Waals surface area contributed by atoms with Crippen molar-refractivity contribution in [3.63, 3.8) is 0 Å². The Morgan fingerprint density at radius 3 is 2.90 bits per heavy atom. The van der Waals surface area contributed by atoms with E-state index in [2.05, 4.69) is 10.6 Å². The lowest BCUT2D eigenvalue weighted by Crippen LogP contribution is -2.52. The van der Waals surface area contributed by atoms with Crippen LogP contribution in [0.5, 0.6) is 0 Å². The van der Waals surface area contributed by atoms with Crippen molar-refractivity contribution in [3.8, 4) is 0 Å². The second-order valence-corrected chi connectivity index (χ2v) is 5.97. The molecule has 2 heterocycles. The van der Waals surface area contributed by atoms with Crippen LogP contribution >= 0.6 is 11.3 Å². The molecule has 1 saturated heterocycles. The molecule has 6 nitrogen and oxygen atoms in total. The Hall–Kier alpha value is -2.41. The number of anilines is 1. The summed E-state index contributed by atoms with van der Waals surface area (Å²) in [6, 6.07) is 6.52. The predicted octanol–water partition coefficient (Wildman–Crippen LogP) is 1.02. The molecule has 1 unspecified atom stereocenters. The van der Waals surface area contributed by atoms with Gasteiger partial charge in [-0.25, -0.2) is 0 Å². The molecule has 108 valence electrons. The fraction of sp³-hybridized carbons (Fsp3) is 0.214. The van der Waals surface area contributed by atoms with Gasteiger partial charge in [-0.05, 0) is 36.1 Å². The second-order valence-electron chi connectivity index (χ2n) is 4.89. The third-order valence-corrected chi connectivity index (χ3v) is 4.42. The first-order valence-corrected chi connectivity index (χ1v) is 7.28. The molecule has 0 radical (unpaired) electrons. The van der Waals surface area contributed by atoms with Crippen molar-refractivity contribution in [1.29, 1.82) is 0 Å². The smallest absolute Gasteiger partial charge is 0.262 e. The van der Waals surface area contributed by atoms with Gasteiger partial charge in [-0.3, -0.25) is 19.7 Å². The summed E-state index contributed by atoms with van der Waals surface area (Å²) in [6.07, 6.45) is 0.563. The van der Waals surface area contributed by atoms with Gasteiger partial charge in [0.15, 0.2) is 0 Å². The molecular formula is C14H13N3O3S. The normalized spacial score (nSPS) is 18.6. The number of imide groups is 1. The number of thiophene rings is 1. The van der Waals surface area contributed by atoms with Crippen LogP contribution in [0.25, 0.3) is 10.1 Å². The fourth-order valence-electron chi connectivity index (χ4n) is 2.23. The topological polar surface area (TPSA) is 101 Å². The number of rotatable bonds is 2. The van der Waals surface area contributed by atoms with Gasteiger partial charge >= 0.3 is 0 Å². The van der Waals surface area contributed by atoms with E-state index in [1.807, 2.05) is 6.07 Å². The van der Waals surface area contributed by atoms with Crippen molar-refractivity contribution in [2.45, 2.75) is 18.9 Å². The molecular weight excluding hydrogens is 290 g/mol. The molecule has 4 N–H and O–H groups in total. The highest BCUT2D eigenvalue weighted by molar-refractivity contribution is 7.20. The largest absolute Gasteiger partial charge is 0.399 e. The molecule has 1 atom stereocenters. The van der Waals surface area contributed by atoms with E-state index in [4.69, 9.17) is 5.73 Å². The maximum atomic E-state index is 12.2. The number of nitrogens with two attached hydrogens (primary N) is 1. The molecule has 3 rings (SSSR count). The third kappa shape index (κ3) is 2.73. The number of nitrogens with one attached hydrogen (secondary N) is 2. The molecule has 1 aromatic carbocycles. The highest BCUT2D eigenvalue weighted by atomic mass is 32.1. The standard InChI is InChI=1S/C14H13N3O3S/c15-8-1-3-10-7(5-8)6-11(21-10)14(20)16-9-2-4-12(18)17-13(9)19/h1,3,5-6,9H,2,4,15H2,(H,16,20)(H,17,18,19). The van der Waals surface area contributed by atoms with Crippen molar-refractivity contribution in [1.82, 2.24) is 10.6 Å². The van der Waals surface area contributed by atoms with Gasteiger partial charge in [-0.2, -0.15) is 0 Å². The molecule has 1 aliphatic rings. The number of benzene rings is 1. The first-order chi connectivity index (χ1) is 10.0.